The minimum Gasteiger partial charge on any atom is -0.370 e. The first-order valence-electron chi connectivity index (χ1n) is 14.8. The predicted octanol–water partition coefficient (Wildman–Crippen LogP) is 0.907. The summed E-state index contributed by atoms with van der Waals surface area (Å²) in [7, 11) is -7.55. The number of ether oxygens (including phenoxy) is 1. The van der Waals surface area contributed by atoms with Crippen LogP contribution in [0.2, 0.25) is 0 Å². The molecule has 1 aromatic carbocycles. The number of nitrogens with one attached hydrogen (secondary N) is 3. The molecule has 5 N–H and O–H groups in total. The van der Waals surface area contributed by atoms with Gasteiger partial charge in [0.2, 0.25) is 21.8 Å². The van der Waals surface area contributed by atoms with Crippen LogP contribution in [0.5, 0.6) is 0 Å². The molecule has 1 aliphatic heterocycles. The Morgan fingerprint density at radius 2 is 1.77 bits per heavy atom. The van der Waals surface area contributed by atoms with Crippen LogP contribution in [0, 0.1) is 5.41 Å². The lowest BCUT2D eigenvalue weighted by Crippen LogP contribution is -2.61. The number of nitrogens with zero attached hydrogens (tertiary/aromatic N) is 2. The van der Waals surface area contributed by atoms with Gasteiger partial charge in [0.1, 0.15) is 15.9 Å². The number of benzene rings is 1. The van der Waals surface area contributed by atoms with Gasteiger partial charge in [-0.3, -0.25) is 15.0 Å². The van der Waals surface area contributed by atoms with E-state index >= 15 is 0 Å². The quantitative estimate of drug-likeness (QED) is 0.169. The maximum Gasteiger partial charge on any atom is 0.241 e. The Labute approximate surface area is 255 Å². The number of likely N-dealkylation sites (tertiary alicyclic amines) is 1. The van der Waals surface area contributed by atoms with E-state index in [0.717, 1.165) is 25.5 Å². The largest absolute Gasteiger partial charge is 0.370 e. The summed E-state index contributed by atoms with van der Waals surface area (Å²) in [6.45, 7) is 2.35. The fourth-order valence-corrected chi connectivity index (χ4v) is 7.78. The molecule has 1 aromatic rings. The van der Waals surface area contributed by atoms with Crippen LogP contribution in [0.1, 0.15) is 63.9 Å². The summed E-state index contributed by atoms with van der Waals surface area (Å²) in [5.41, 5.74) is 6.27. The van der Waals surface area contributed by atoms with Crippen molar-refractivity contribution in [2.75, 3.05) is 31.7 Å². The minimum atomic E-state index is -4.04. The van der Waals surface area contributed by atoms with Gasteiger partial charge >= 0.3 is 0 Å². The van der Waals surface area contributed by atoms with Crippen molar-refractivity contribution in [3.63, 3.8) is 0 Å². The number of rotatable bonds is 14. The second kappa shape index (κ2) is 15.8. The summed E-state index contributed by atoms with van der Waals surface area (Å²) in [5, 5.41) is 10.9. The number of hydrogen-bond donors (Lipinski definition) is 4. The van der Waals surface area contributed by atoms with Crippen LogP contribution in [0.4, 0.5) is 0 Å². The van der Waals surface area contributed by atoms with Crippen molar-refractivity contribution in [3.8, 4) is 0 Å². The Morgan fingerprint density at radius 3 is 2.37 bits per heavy atom. The SMILES string of the molecule is CCOC1C(NC(=O)CN(C(=O)C(CCS(C)(=O)=O)NS(=O)(=O)Cc2ccccc2)C2CCCCC2)CCCN1C(=N)N. The summed E-state index contributed by atoms with van der Waals surface area (Å²) >= 11 is 0. The molecule has 1 saturated carbocycles. The summed E-state index contributed by atoms with van der Waals surface area (Å²) in [6, 6.07) is 6.34. The number of guanidine groups is 1. The highest BCUT2D eigenvalue weighted by Gasteiger charge is 2.37. The fraction of sp³-hybridized carbons (Fsp3) is 0.679. The van der Waals surface area contributed by atoms with Crippen molar-refractivity contribution in [2.24, 2.45) is 5.73 Å². The molecule has 13 nitrogen and oxygen atoms in total. The van der Waals surface area contributed by atoms with Crippen LogP contribution in [0.15, 0.2) is 30.3 Å². The molecule has 242 valence electrons. The maximum absolute atomic E-state index is 14.1. The molecule has 1 saturated heterocycles. The molecule has 15 heteroatoms. The van der Waals surface area contributed by atoms with Crippen LogP contribution < -0.4 is 15.8 Å². The van der Waals surface area contributed by atoms with Crippen LogP contribution in [-0.2, 0) is 39.9 Å². The lowest BCUT2D eigenvalue weighted by atomic mass is 9.93. The van der Waals surface area contributed by atoms with Gasteiger partial charge in [-0.2, -0.15) is 0 Å². The lowest BCUT2D eigenvalue weighted by molar-refractivity contribution is -0.141. The summed E-state index contributed by atoms with van der Waals surface area (Å²) in [5.74, 6) is -2.02. The fourth-order valence-electron chi connectivity index (χ4n) is 5.75. The van der Waals surface area contributed by atoms with Gasteiger partial charge in [-0.05, 0) is 44.6 Å². The zero-order chi connectivity index (χ0) is 31.6. The van der Waals surface area contributed by atoms with Crippen molar-refractivity contribution >= 4 is 37.6 Å². The first-order valence-corrected chi connectivity index (χ1v) is 18.5. The van der Waals surface area contributed by atoms with E-state index in [1.165, 1.54) is 4.90 Å². The Kier molecular flexibility index (Phi) is 12.8. The summed E-state index contributed by atoms with van der Waals surface area (Å²) < 4.78 is 58.6. The molecule has 0 bridgehead atoms. The number of nitrogens with two attached hydrogens (primary N) is 1. The molecule has 0 aromatic heterocycles. The minimum absolute atomic E-state index is 0.159. The second-order valence-corrected chi connectivity index (χ2v) is 15.3. The zero-order valence-electron chi connectivity index (χ0n) is 25.0. The smallest absolute Gasteiger partial charge is 0.241 e. The van der Waals surface area contributed by atoms with E-state index in [1.54, 1.807) is 35.2 Å². The molecule has 3 unspecified atom stereocenters. The number of amides is 2. The normalized spacial score (nSPS) is 20.7. The van der Waals surface area contributed by atoms with Gasteiger partial charge in [0, 0.05) is 25.4 Å². The van der Waals surface area contributed by atoms with E-state index in [2.05, 4.69) is 10.0 Å². The Hall–Kier alpha value is -2.75. The van der Waals surface area contributed by atoms with E-state index in [-0.39, 0.29) is 30.7 Å². The molecule has 43 heavy (non-hydrogen) atoms. The van der Waals surface area contributed by atoms with E-state index in [4.69, 9.17) is 15.9 Å². The Morgan fingerprint density at radius 1 is 1.09 bits per heavy atom. The van der Waals surface area contributed by atoms with E-state index < -0.39 is 55.7 Å². The van der Waals surface area contributed by atoms with Gasteiger partial charge < -0.3 is 25.6 Å². The standard InChI is InChI=1S/C28H46N6O7S2/c1-3-41-27-24(15-10-17-33(27)28(29)30)31-25(35)19-34(22-13-8-5-9-14-22)26(36)23(16-18-42(2,37)38)32-43(39,40)20-21-11-6-4-7-12-21/h4,6-7,11-12,22-24,27,32H,3,5,8-10,13-20H2,1-2H3,(H3,29,30)(H,31,35). The van der Waals surface area contributed by atoms with Crippen molar-refractivity contribution in [3.05, 3.63) is 35.9 Å². The van der Waals surface area contributed by atoms with Gasteiger partial charge in [-0.25, -0.2) is 21.6 Å². The van der Waals surface area contributed by atoms with Crippen molar-refractivity contribution < 1.29 is 31.2 Å². The number of carbonyl (C=O) groups excluding carboxylic acids is 2. The molecule has 0 spiro atoms. The topological polar surface area (TPSA) is 192 Å². The van der Waals surface area contributed by atoms with Crippen LogP contribution >= 0.6 is 0 Å². The molecule has 1 heterocycles. The molecular weight excluding hydrogens is 596 g/mol. The van der Waals surface area contributed by atoms with Crippen molar-refractivity contribution in [1.29, 1.82) is 5.41 Å². The predicted molar refractivity (Wildman–Crippen MR) is 164 cm³/mol. The third-order valence-electron chi connectivity index (χ3n) is 7.77. The van der Waals surface area contributed by atoms with E-state index in [1.807, 2.05) is 6.92 Å². The highest BCUT2D eigenvalue weighted by Crippen LogP contribution is 2.24. The van der Waals surface area contributed by atoms with Gasteiger partial charge in [0.15, 0.2) is 12.2 Å². The monoisotopic (exact) mass is 642 g/mol. The van der Waals surface area contributed by atoms with Crippen molar-refractivity contribution in [2.45, 2.75) is 88.4 Å². The van der Waals surface area contributed by atoms with Crippen LogP contribution in [-0.4, -0.2) is 100 Å². The highest BCUT2D eigenvalue weighted by atomic mass is 32.2. The number of piperidine rings is 1. The zero-order valence-corrected chi connectivity index (χ0v) is 26.7. The van der Waals surface area contributed by atoms with Gasteiger partial charge in [-0.15, -0.1) is 0 Å². The molecular formula is C28H46N6O7S2. The average molecular weight is 643 g/mol. The molecule has 2 aliphatic rings. The second-order valence-electron chi connectivity index (χ2n) is 11.3. The summed E-state index contributed by atoms with van der Waals surface area (Å²) in [4.78, 5) is 30.5. The Balaban J connectivity index is 1.84. The van der Waals surface area contributed by atoms with Crippen LogP contribution in [0.3, 0.4) is 0 Å². The average Bonchev–Trinajstić information content (AvgIpc) is 2.94. The number of sulfone groups is 1. The number of hydrogen-bond acceptors (Lipinski definition) is 8. The van der Waals surface area contributed by atoms with Gasteiger partial charge in [0.25, 0.3) is 0 Å². The number of sulfonamides is 1. The van der Waals surface area contributed by atoms with Crippen LogP contribution in [0.25, 0.3) is 0 Å². The third kappa shape index (κ3) is 11.0. The maximum atomic E-state index is 14.1. The Bertz CT molecular complexity index is 1300. The third-order valence-corrected chi connectivity index (χ3v) is 10.1. The molecule has 3 atom stereocenters. The molecule has 0 radical (unpaired) electrons. The van der Waals surface area contributed by atoms with Gasteiger partial charge in [0.05, 0.1) is 24.1 Å². The molecule has 3 rings (SSSR count). The molecule has 2 amide bonds. The first kappa shape index (κ1) is 34.7. The van der Waals surface area contributed by atoms with E-state index in [0.29, 0.717) is 44.4 Å². The first-order chi connectivity index (χ1) is 20.3. The highest BCUT2D eigenvalue weighted by molar-refractivity contribution is 7.90. The summed E-state index contributed by atoms with van der Waals surface area (Å²) in [6.07, 6.45) is 5.40. The van der Waals surface area contributed by atoms with E-state index in [9.17, 15) is 26.4 Å². The lowest BCUT2D eigenvalue weighted by Gasteiger charge is -2.42. The van der Waals surface area contributed by atoms with Gasteiger partial charge in [-0.1, -0.05) is 49.6 Å². The molecule has 2 fully saturated rings. The van der Waals surface area contributed by atoms with Crippen molar-refractivity contribution in [1.82, 2.24) is 19.8 Å². The molecule has 1 aliphatic carbocycles. The number of carbonyl (C=O) groups is 2.